The highest BCUT2D eigenvalue weighted by Gasteiger charge is 2.50. The van der Waals surface area contributed by atoms with E-state index in [1.165, 1.54) is 22.3 Å². The van der Waals surface area contributed by atoms with Crippen LogP contribution in [0.3, 0.4) is 0 Å². The van der Waals surface area contributed by atoms with E-state index in [1.807, 2.05) is 6.20 Å². The zero-order valence-corrected chi connectivity index (χ0v) is 29.4. The van der Waals surface area contributed by atoms with Gasteiger partial charge in [0.05, 0.1) is 5.69 Å². The Balaban J connectivity index is 1.39. The zero-order valence-electron chi connectivity index (χ0n) is 29.4. The molecule has 1 unspecified atom stereocenters. The van der Waals surface area contributed by atoms with Crippen LogP contribution in [0, 0.1) is 5.41 Å². The van der Waals surface area contributed by atoms with Crippen LogP contribution in [-0.2, 0) is 16.2 Å². The van der Waals surface area contributed by atoms with Gasteiger partial charge in [0, 0.05) is 28.5 Å². The Labute approximate surface area is 275 Å². The predicted octanol–water partition coefficient (Wildman–Crippen LogP) is 11.0. The van der Waals surface area contributed by atoms with Gasteiger partial charge in [-0.2, -0.15) is 0 Å². The summed E-state index contributed by atoms with van der Waals surface area (Å²) in [5.74, 6) is 2.39. The number of rotatable bonds is 4. The second kappa shape index (κ2) is 11.0. The van der Waals surface area contributed by atoms with Gasteiger partial charge in [-0.25, -0.2) is 15.0 Å². The summed E-state index contributed by atoms with van der Waals surface area (Å²) in [7, 11) is 0. The summed E-state index contributed by atoms with van der Waals surface area (Å²) >= 11 is 0. The van der Waals surface area contributed by atoms with Crippen molar-refractivity contribution in [2.24, 2.45) is 5.41 Å². The fourth-order valence-corrected chi connectivity index (χ4v) is 6.63. The van der Waals surface area contributed by atoms with Gasteiger partial charge >= 0.3 is 0 Å². The highest BCUT2D eigenvalue weighted by atomic mass is 15.0. The molecular formula is C42H48N4. The molecule has 4 heteroatoms. The van der Waals surface area contributed by atoms with Gasteiger partial charge in [0.15, 0.2) is 17.5 Å². The van der Waals surface area contributed by atoms with Crippen LogP contribution in [-0.4, -0.2) is 19.9 Å². The molecule has 0 spiro atoms. The van der Waals surface area contributed by atoms with E-state index in [4.69, 9.17) is 19.9 Å². The Bertz CT molecular complexity index is 1810. The number of fused-ring (bicyclic) bond motifs is 1. The van der Waals surface area contributed by atoms with Crippen LogP contribution in [0.25, 0.3) is 45.4 Å². The Morgan fingerprint density at radius 2 is 0.978 bits per heavy atom. The molecule has 46 heavy (non-hydrogen) atoms. The number of aromatic nitrogens is 4. The molecule has 0 fully saturated rings. The molecule has 4 nitrogen and oxygen atoms in total. The fourth-order valence-electron chi connectivity index (χ4n) is 6.63. The lowest BCUT2D eigenvalue weighted by Gasteiger charge is -2.38. The monoisotopic (exact) mass is 608 g/mol. The van der Waals surface area contributed by atoms with Gasteiger partial charge in [-0.15, -0.1) is 0 Å². The fraction of sp³-hybridized carbons (Fsp3) is 0.381. The van der Waals surface area contributed by atoms with Crippen molar-refractivity contribution in [1.29, 1.82) is 0 Å². The van der Waals surface area contributed by atoms with Gasteiger partial charge in [0.1, 0.15) is 0 Å². The van der Waals surface area contributed by atoms with Gasteiger partial charge in [-0.05, 0) is 68.0 Å². The van der Waals surface area contributed by atoms with Crippen molar-refractivity contribution in [1.82, 2.24) is 19.9 Å². The molecule has 2 heterocycles. The van der Waals surface area contributed by atoms with Crippen molar-refractivity contribution < 1.29 is 0 Å². The Hall–Kier alpha value is -4.18. The Kier molecular flexibility index (Phi) is 7.58. The van der Waals surface area contributed by atoms with Crippen molar-refractivity contribution >= 4 is 0 Å². The average Bonchev–Trinajstić information content (AvgIpc) is 3.16. The van der Waals surface area contributed by atoms with E-state index < -0.39 is 0 Å². The van der Waals surface area contributed by atoms with E-state index in [-0.39, 0.29) is 21.7 Å². The Morgan fingerprint density at radius 1 is 0.543 bits per heavy atom. The standard InChI is InChI=1S/C42H48N4/c1-26-33-24-29(16-22-34(33)42(10,11)41(26,8)9)35-23-17-30(25-43-35)38-45-36(27-12-18-31(19-13-27)39(2,3)4)44-37(46-38)28-14-20-32(21-15-28)40(5,6)7/h12-26H,1-11H3. The molecule has 2 aromatic heterocycles. The molecule has 3 aromatic carbocycles. The van der Waals surface area contributed by atoms with E-state index in [0.717, 1.165) is 27.9 Å². The van der Waals surface area contributed by atoms with Crippen molar-refractivity contribution in [3.63, 3.8) is 0 Å². The molecule has 0 bridgehead atoms. The van der Waals surface area contributed by atoms with Gasteiger partial charge in [0.2, 0.25) is 0 Å². The first-order chi connectivity index (χ1) is 21.5. The number of pyridine rings is 1. The van der Waals surface area contributed by atoms with E-state index >= 15 is 0 Å². The van der Waals surface area contributed by atoms with Crippen LogP contribution in [0.15, 0.2) is 85.1 Å². The first-order valence-corrected chi connectivity index (χ1v) is 16.6. The summed E-state index contributed by atoms with van der Waals surface area (Å²) in [6.07, 6.45) is 1.90. The maximum Gasteiger partial charge on any atom is 0.165 e. The maximum absolute atomic E-state index is 4.98. The lowest BCUT2D eigenvalue weighted by molar-refractivity contribution is 0.190. The third-order valence-electron chi connectivity index (χ3n) is 10.9. The minimum absolute atomic E-state index is 0.0689. The van der Waals surface area contributed by atoms with Gasteiger partial charge in [-0.3, -0.25) is 4.98 Å². The molecule has 0 saturated heterocycles. The lowest BCUT2D eigenvalue weighted by atomic mass is 9.65. The topological polar surface area (TPSA) is 51.6 Å². The third-order valence-corrected chi connectivity index (χ3v) is 10.9. The lowest BCUT2D eigenvalue weighted by Crippen LogP contribution is -2.33. The van der Waals surface area contributed by atoms with Crippen LogP contribution in [0.4, 0.5) is 0 Å². The third kappa shape index (κ3) is 5.57. The minimum Gasteiger partial charge on any atom is -0.255 e. The largest absolute Gasteiger partial charge is 0.255 e. The first-order valence-electron chi connectivity index (χ1n) is 16.6. The number of nitrogens with zero attached hydrogens (tertiary/aromatic N) is 4. The first kappa shape index (κ1) is 31.8. The van der Waals surface area contributed by atoms with Crippen LogP contribution >= 0.6 is 0 Å². The molecule has 5 aromatic rings. The highest BCUT2D eigenvalue weighted by molar-refractivity contribution is 5.69. The van der Waals surface area contributed by atoms with E-state index in [1.54, 1.807) is 0 Å². The van der Waals surface area contributed by atoms with Gasteiger partial charge in [0.25, 0.3) is 0 Å². The minimum atomic E-state index is 0.0689. The molecule has 0 N–H and O–H groups in total. The summed E-state index contributed by atoms with van der Waals surface area (Å²) in [4.78, 5) is 19.9. The quantitative estimate of drug-likeness (QED) is 0.204. The molecule has 0 radical (unpaired) electrons. The molecule has 6 rings (SSSR count). The van der Waals surface area contributed by atoms with Crippen LogP contribution in [0.1, 0.15) is 104 Å². The van der Waals surface area contributed by atoms with E-state index in [0.29, 0.717) is 23.4 Å². The van der Waals surface area contributed by atoms with Crippen molar-refractivity contribution in [2.75, 3.05) is 0 Å². The van der Waals surface area contributed by atoms with Crippen LogP contribution < -0.4 is 0 Å². The summed E-state index contributed by atoms with van der Waals surface area (Å²) < 4.78 is 0. The van der Waals surface area contributed by atoms with Gasteiger partial charge in [-0.1, -0.05) is 137 Å². The molecule has 1 aliphatic carbocycles. The number of benzene rings is 3. The second-order valence-electron chi connectivity index (χ2n) is 16.3. The highest BCUT2D eigenvalue weighted by Crippen LogP contribution is 2.58. The molecule has 1 atom stereocenters. The normalized spacial score (nSPS) is 17.2. The zero-order chi connectivity index (χ0) is 33.2. The summed E-state index contributed by atoms with van der Waals surface area (Å²) in [5.41, 5.74) is 10.7. The maximum atomic E-state index is 4.98. The number of hydrogen-bond donors (Lipinski definition) is 0. The SMILES string of the molecule is CC1c2cc(-c3ccc(-c4nc(-c5ccc(C(C)(C)C)cc5)nc(-c5ccc(C(C)(C)C)cc5)n4)cn3)ccc2C(C)(C)C1(C)C. The van der Waals surface area contributed by atoms with E-state index in [2.05, 4.69) is 155 Å². The van der Waals surface area contributed by atoms with Crippen LogP contribution in [0.5, 0.6) is 0 Å². The molecule has 0 amide bonds. The molecule has 1 aliphatic rings. The molecule has 0 saturated carbocycles. The average molecular weight is 609 g/mol. The smallest absolute Gasteiger partial charge is 0.165 e. The van der Waals surface area contributed by atoms with Gasteiger partial charge < -0.3 is 0 Å². The van der Waals surface area contributed by atoms with Crippen molar-refractivity contribution in [3.8, 4) is 45.4 Å². The molecule has 236 valence electrons. The summed E-state index contributed by atoms with van der Waals surface area (Å²) in [6.45, 7) is 25.2. The molecular weight excluding hydrogens is 560 g/mol. The summed E-state index contributed by atoms with van der Waals surface area (Å²) in [6, 6.07) is 28.2. The Morgan fingerprint density at radius 3 is 1.41 bits per heavy atom. The molecule has 0 aliphatic heterocycles. The number of hydrogen-bond acceptors (Lipinski definition) is 4. The predicted molar refractivity (Wildman–Crippen MR) is 192 cm³/mol. The van der Waals surface area contributed by atoms with E-state index in [9.17, 15) is 0 Å². The second-order valence-corrected chi connectivity index (χ2v) is 16.3. The van der Waals surface area contributed by atoms with Crippen molar-refractivity contribution in [2.45, 2.75) is 98.3 Å². The van der Waals surface area contributed by atoms with Crippen LogP contribution in [0.2, 0.25) is 0 Å². The van der Waals surface area contributed by atoms with Crippen molar-refractivity contribution in [3.05, 3.63) is 107 Å². The summed E-state index contributed by atoms with van der Waals surface area (Å²) in [5, 5.41) is 0.